The van der Waals surface area contributed by atoms with Crippen molar-refractivity contribution in [2.75, 3.05) is 0 Å². The number of aromatic nitrogens is 2. The molecule has 0 aliphatic rings. The summed E-state index contributed by atoms with van der Waals surface area (Å²) in [4.78, 5) is 8.34. The maximum absolute atomic E-state index is 12.5. The summed E-state index contributed by atoms with van der Waals surface area (Å²) in [5.41, 5.74) is 2.19. The van der Waals surface area contributed by atoms with Crippen LogP contribution in [-0.2, 0) is 16.6 Å². The van der Waals surface area contributed by atoms with E-state index in [0.29, 0.717) is 10.7 Å². The van der Waals surface area contributed by atoms with Crippen LogP contribution in [0.2, 0.25) is 10.0 Å². The molecule has 0 saturated carbocycles. The highest BCUT2D eigenvalue weighted by Gasteiger charge is 2.19. The van der Waals surface area contributed by atoms with Crippen molar-refractivity contribution >= 4 is 33.2 Å². The average molecular weight is 394 g/mol. The molecule has 3 rings (SSSR count). The second-order valence-electron chi connectivity index (χ2n) is 5.15. The Morgan fingerprint density at radius 3 is 2.60 bits per heavy atom. The Balaban J connectivity index is 1.88. The summed E-state index contributed by atoms with van der Waals surface area (Å²) in [5, 5.41) is 0.401. The Morgan fingerprint density at radius 2 is 1.84 bits per heavy atom. The number of rotatable bonds is 5. The highest BCUT2D eigenvalue weighted by atomic mass is 35.5. The van der Waals surface area contributed by atoms with Gasteiger partial charge in [-0.2, -0.15) is 0 Å². The third kappa shape index (κ3) is 4.16. The van der Waals surface area contributed by atoms with E-state index in [-0.39, 0.29) is 16.5 Å². The third-order valence-electron chi connectivity index (χ3n) is 3.46. The number of pyridine rings is 2. The Morgan fingerprint density at radius 1 is 1.04 bits per heavy atom. The Hall–Kier alpha value is -1.99. The molecule has 25 heavy (non-hydrogen) atoms. The fourth-order valence-corrected chi connectivity index (χ4v) is 4.04. The van der Waals surface area contributed by atoms with Gasteiger partial charge in [0.2, 0.25) is 10.0 Å². The second-order valence-corrected chi connectivity index (χ2v) is 7.73. The Bertz CT molecular complexity index is 996. The lowest BCUT2D eigenvalue weighted by Gasteiger charge is -2.11. The predicted molar refractivity (Wildman–Crippen MR) is 98.0 cm³/mol. The summed E-state index contributed by atoms with van der Waals surface area (Å²) in [5.74, 6) is 0. The summed E-state index contributed by atoms with van der Waals surface area (Å²) in [6, 6.07) is 11.5. The molecular weight excluding hydrogens is 381 g/mol. The first-order chi connectivity index (χ1) is 12.0. The molecule has 0 radical (unpaired) electrons. The van der Waals surface area contributed by atoms with Crippen molar-refractivity contribution in [3.8, 4) is 11.3 Å². The summed E-state index contributed by atoms with van der Waals surface area (Å²) >= 11 is 11.9. The smallest absolute Gasteiger partial charge is 0.242 e. The van der Waals surface area contributed by atoms with Crippen molar-refractivity contribution < 1.29 is 8.42 Å². The molecule has 0 aliphatic heterocycles. The lowest BCUT2D eigenvalue weighted by molar-refractivity contribution is 0.581. The molecule has 8 heteroatoms. The minimum absolute atomic E-state index is 0.0588. The SMILES string of the molecule is O=S(=O)(NCc1cccnc1-c1cccnc1)c1cc(Cl)ccc1Cl. The van der Waals surface area contributed by atoms with E-state index >= 15 is 0 Å². The van der Waals surface area contributed by atoms with Crippen LogP contribution in [0.3, 0.4) is 0 Å². The minimum atomic E-state index is -3.82. The van der Waals surface area contributed by atoms with E-state index in [0.717, 1.165) is 11.1 Å². The summed E-state index contributed by atoms with van der Waals surface area (Å²) < 4.78 is 27.6. The van der Waals surface area contributed by atoms with Gasteiger partial charge in [-0.05, 0) is 42.0 Å². The molecule has 3 aromatic rings. The van der Waals surface area contributed by atoms with Gasteiger partial charge in [0.05, 0.1) is 10.7 Å². The summed E-state index contributed by atoms with van der Waals surface area (Å²) in [7, 11) is -3.82. The largest absolute Gasteiger partial charge is 0.264 e. The van der Waals surface area contributed by atoms with Gasteiger partial charge in [0.15, 0.2) is 0 Å². The molecule has 2 heterocycles. The lowest BCUT2D eigenvalue weighted by Crippen LogP contribution is -2.24. The number of sulfonamides is 1. The van der Waals surface area contributed by atoms with Crippen molar-refractivity contribution in [1.29, 1.82) is 0 Å². The van der Waals surface area contributed by atoms with Crippen molar-refractivity contribution in [1.82, 2.24) is 14.7 Å². The van der Waals surface area contributed by atoms with E-state index in [1.165, 1.54) is 18.2 Å². The van der Waals surface area contributed by atoms with Gasteiger partial charge in [0.1, 0.15) is 4.90 Å². The normalized spacial score (nSPS) is 11.4. The van der Waals surface area contributed by atoms with Crippen LogP contribution in [0, 0.1) is 0 Å². The molecule has 128 valence electrons. The average Bonchev–Trinajstić information content (AvgIpc) is 2.63. The van der Waals surface area contributed by atoms with Crippen LogP contribution in [-0.4, -0.2) is 18.4 Å². The van der Waals surface area contributed by atoms with Crippen molar-refractivity contribution in [2.45, 2.75) is 11.4 Å². The molecule has 1 N–H and O–H groups in total. The molecule has 0 atom stereocenters. The zero-order chi connectivity index (χ0) is 17.9. The highest BCUT2D eigenvalue weighted by molar-refractivity contribution is 7.89. The van der Waals surface area contributed by atoms with Crippen LogP contribution in [0.1, 0.15) is 5.56 Å². The van der Waals surface area contributed by atoms with Gasteiger partial charge in [0.25, 0.3) is 0 Å². The molecule has 0 bridgehead atoms. The number of hydrogen-bond donors (Lipinski definition) is 1. The van der Waals surface area contributed by atoms with Crippen molar-refractivity contribution in [2.24, 2.45) is 0 Å². The predicted octanol–water partition coefficient (Wildman–Crippen LogP) is 3.93. The zero-order valence-electron chi connectivity index (χ0n) is 12.9. The van der Waals surface area contributed by atoms with Gasteiger partial charge in [-0.25, -0.2) is 13.1 Å². The van der Waals surface area contributed by atoms with Crippen LogP contribution in [0.25, 0.3) is 11.3 Å². The molecular formula is C17H13Cl2N3O2S. The lowest BCUT2D eigenvalue weighted by atomic mass is 10.1. The van der Waals surface area contributed by atoms with E-state index < -0.39 is 10.0 Å². The zero-order valence-corrected chi connectivity index (χ0v) is 15.2. The number of hydrogen-bond acceptors (Lipinski definition) is 4. The second kappa shape index (κ2) is 7.49. The topological polar surface area (TPSA) is 72.0 Å². The molecule has 0 fully saturated rings. The number of nitrogens with zero attached hydrogens (tertiary/aromatic N) is 2. The van der Waals surface area contributed by atoms with Crippen LogP contribution < -0.4 is 4.72 Å². The van der Waals surface area contributed by atoms with Crippen LogP contribution in [0.15, 0.2) is 66.0 Å². The van der Waals surface area contributed by atoms with Gasteiger partial charge < -0.3 is 0 Å². The maximum atomic E-state index is 12.5. The first-order valence-electron chi connectivity index (χ1n) is 7.26. The maximum Gasteiger partial charge on any atom is 0.242 e. The molecule has 0 spiro atoms. The van der Waals surface area contributed by atoms with E-state index in [1.54, 1.807) is 36.8 Å². The van der Waals surface area contributed by atoms with Gasteiger partial charge in [-0.15, -0.1) is 0 Å². The molecule has 0 saturated heterocycles. The standard InChI is InChI=1S/C17H13Cl2N3O2S/c18-14-5-6-15(19)16(9-14)25(23,24)22-11-13-4-2-8-21-17(13)12-3-1-7-20-10-12/h1-10,22H,11H2. The van der Waals surface area contributed by atoms with Gasteiger partial charge in [-0.3, -0.25) is 9.97 Å². The molecule has 1 aromatic carbocycles. The summed E-state index contributed by atoms with van der Waals surface area (Å²) in [6.07, 6.45) is 4.98. The van der Waals surface area contributed by atoms with Crippen molar-refractivity contribution in [3.05, 3.63) is 76.7 Å². The molecule has 5 nitrogen and oxygen atoms in total. The van der Waals surface area contributed by atoms with Crippen LogP contribution in [0.4, 0.5) is 0 Å². The highest BCUT2D eigenvalue weighted by Crippen LogP contribution is 2.26. The quantitative estimate of drug-likeness (QED) is 0.712. The number of halogens is 2. The molecule has 2 aromatic heterocycles. The van der Waals surface area contributed by atoms with E-state index in [4.69, 9.17) is 23.2 Å². The van der Waals surface area contributed by atoms with E-state index in [1.807, 2.05) is 6.07 Å². The summed E-state index contributed by atoms with van der Waals surface area (Å²) in [6.45, 7) is 0.0588. The van der Waals surface area contributed by atoms with Gasteiger partial charge >= 0.3 is 0 Å². The fourth-order valence-electron chi connectivity index (χ4n) is 2.28. The van der Waals surface area contributed by atoms with Crippen LogP contribution in [0.5, 0.6) is 0 Å². The van der Waals surface area contributed by atoms with Crippen LogP contribution >= 0.6 is 23.2 Å². The first-order valence-corrected chi connectivity index (χ1v) is 9.50. The first kappa shape index (κ1) is 17.8. The molecule has 0 unspecified atom stereocenters. The Labute approximate surface area is 155 Å². The van der Waals surface area contributed by atoms with Gasteiger partial charge in [0, 0.05) is 35.7 Å². The van der Waals surface area contributed by atoms with Crippen molar-refractivity contribution in [3.63, 3.8) is 0 Å². The Kier molecular flexibility index (Phi) is 5.34. The van der Waals surface area contributed by atoms with Gasteiger partial charge in [-0.1, -0.05) is 29.3 Å². The minimum Gasteiger partial charge on any atom is -0.264 e. The number of nitrogens with one attached hydrogen (secondary N) is 1. The monoisotopic (exact) mass is 393 g/mol. The third-order valence-corrected chi connectivity index (χ3v) is 5.58. The fraction of sp³-hybridized carbons (Fsp3) is 0.0588. The molecule has 0 amide bonds. The van der Waals surface area contributed by atoms with E-state index in [2.05, 4.69) is 14.7 Å². The number of benzene rings is 1. The van der Waals surface area contributed by atoms with E-state index in [9.17, 15) is 8.42 Å². The molecule has 0 aliphatic carbocycles.